The van der Waals surface area contributed by atoms with Crippen molar-refractivity contribution in [1.29, 1.82) is 0 Å². The number of likely N-dealkylation sites (N-methyl/N-ethyl adjacent to an activating group) is 1. The lowest BCUT2D eigenvalue weighted by molar-refractivity contribution is 0.872. The van der Waals surface area contributed by atoms with E-state index in [1.165, 1.54) is 22.5 Å². The highest BCUT2D eigenvalue weighted by Crippen LogP contribution is 2.24. The Morgan fingerprint density at radius 1 is 0.705 bits per heavy atom. The van der Waals surface area contributed by atoms with Crippen LogP contribution in [0.5, 0.6) is 0 Å². The highest BCUT2D eigenvalue weighted by Gasteiger charge is 2.06. The van der Waals surface area contributed by atoms with Crippen molar-refractivity contribution in [2.75, 3.05) is 60.6 Å². The summed E-state index contributed by atoms with van der Waals surface area (Å²) in [6, 6.07) is 17.7. The molecular weight excluding hydrogens is 577 g/mol. The van der Waals surface area contributed by atoms with Crippen LogP contribution in [0.15, 0.2) is 114 Å². The quantitative estimate of drug-likeness (QED) is 0.0644. The lowest BCUT2D eigenvalue weighted by atomic mass is 10.1. The van der Waals surface area contributed by atoms with Crippen molar-refractivity contribution >= 4 is 51.3 Å². The molecule has 0 saturated heterocycles. The van der Waals surface area contributed by atoms with Crippen molar-refractivity contribution in [1.82, 2.24) is 5.32 Å². The van der Waals surface area contributed by atoms with Gasteiger partial charge < -0.3 is 15.1 Å². The first-order valence-electron chi connectivity index (χ1n) is 15.8. The summed E-state index contributed by atoms with van der Waals surface area (Å²) in [4.78, 5) is 9.07. The molecule has 0 aliphatic rings. The Bertz CT molecular complexity index is 1240. The molecule has 4 nitrogen and oxygen atoms in total. The molecule has 2 rings (SSSR count). The second-order valence-corrected chi connectivity index (χ2v) is 12.5. The van der Waals surface area contributed by atoms with Crippen molar-refractivity contribution in [3.63, 3.8) is 0 Å². The second-order valence-electron chi connectivity index (χ2n) is 9.77. The number of hydrogen-bond donors (Lipinski definition) is 1. The van der Waals surface area contributed by atoms with Gasteiger partial charge in [0.05, 0.1) is 0 Å². The smallest absolute Gasteiger partial charge is 0.0366 e. The normalized spacial score (nSPS) is 12.7. The Hall–Kier alpha value is -3.35. The Kier molecular flexibility index (Phi) is 20.1. The fourth-order valence-corrected chi connectivity index (χ4v) is 6.26. The third-order valence-corrected chi connectivity index (χ3v) is 9.03. The molecule has 2 aromatic rings. The summed E-state index contributed by atoms with van der Waals surface area (Å²) < 4.78 is 0. The SMILES string of the molecule is C\C=C/C=C(/C=C/c1ccc(N(CC)CCSSCCN(CC)c2ccc(/C=C/C=C/C=C\C=NCC)cc2)cc1)NCC. The maximum atomic E-state index is 4.16. The van der Waals surface area contributed by atoms with Crippen LogP contribution >= 0.6 is 21.6 Å². The van der Waals surface area contributed by atoms with Crippen LogP contribution in [0.2, 0.25) is 0 Å². The Morgan fingerprint density at radius 2 is 1.25 bits per heavy atom. The van der Waals surface area contributed by atoms with Crippen LogP contribution in [0.1, 0.15) is 45.7 Å². The first-order chi connectivity index (χ1) is 21.6. The molecule has 0 aliphatic carbocycles. The van der Waals surface area contributed by atoms with E-state index in [1.54, 1.807) is 0 Å². The van der Waals surface area contributed by atoms with Crippen molar-refractivity contribution in [3.8, 4) is 0 Å². The topological polar surface area (TPSA) is 30.9 Å². The van der Waals surface area contributed by atoms with E-state index in [0.717, 1.165) is 56.5 Å². The van der Waals surface area contributed by atoms with Gasteiger partial charge in [-0.3, -0.25) is 4.99 Å². The molecule has 0 unspecified atom stereocenters. The minimum Gasteiger partial charge on any atom is -0.385 e. The lowest BCUT2D eigenvalue weighted by Gasteiger charge is -2.24. The number of allylic oxidation sites excluding steroid dienone is 9. The number of nitrogens with one attached hydrogen (secondary N) is 1. The van der Waals surface area contributed by atoms with E-state index < -0.39 is 0 Å². The molecule has 1 N–H and O–H groups in total. The molecule has 0 saturated carbocycles. The number of anilines is 2. The van der Waals surface area contributed by atoms with Gasteiger partial charge in [0, 0.05) is 74.1 Å². The average molecular weight is 629 g/mol. The first kappa shape index (κ1) is 36.8. The van der Waals surface area contributed by atoms with Crippen molar-refractivity contribution in [2.45, 2.75) is 34.6 Å². The molecule has 0 aromatic heterocycles. The van der Waals surface area contributed by atoms with E-state index in [1.807, 2.05) is 72.0 Å². The third-order valence-electron chi connectivity index (χ3n) is 6.66. The standard InChI is InChI=1S/C38H52N4S2/c1-6-11-18-36(40-8-3)24-19-35-22-27-38(28-23-35)42(10-5)31-33-44-43-32-30-41(9-4)37-25-20-34(21-26-37)17-15-13-12-14-16-29-39-7-2/h6,11-29,40H,7-10,30-33H2,1-5H3/b11-6-,13-12+,16-14-,17-15+,24-19+,36-18-,39-29?. The van der Waals surface area contributed by atoms with E-state index in [0.29, 0.717) is 0 Å². The Morgan fingerprint density at radius 3 is 1.77 bits per heavy atom. The molecule has 0 bridgehead atoms. The van der Waals surface area contributed by atoms with E-state index in [4.69, 9.17) is 0 Å². The lowest BCUT2D eigenvalue weighted by Crippen LogP contribution is -2.26. The van der Waals surface area contributed by atoms with Gasteiger partial charge in [-0.2, -0.15) is 0 Å². The van der Waals surface area contributed by atoms with Crippen LogP contribution in [0.25, 0.3) is 12.2 Å². The van der Waals surface area contributed by atoms with Gasteiger partial charge >= 0.3 is 0 Å². The molecule has 0 spiro atoms. The fourth-order valence-electron chi connectivity index (χ4n) is 4.28. The molecule has 0 atom stereocenters. The minimum absolute atomic E-state index is 0.819. The van der Waals surface area contributed by atoms with Crippen LogP contribution < -0.4 is 15.1 Å². The Balaban J connectivity index is 1.75. The molecule has 6 heteroatoms. The van der Waals surface area contributed by atoms with E-state index in [-0.39, 0.29) is 0 Å². The molecule has 2 aromatic carbocycles. The maximum Gasteiger partial charge on any atom is 0.0366 e. The van der Waals surface area contributed by atoms with Gasteiger partial charge in [-0.05, 0) is 88.2 Å². The second kappa shape index (κ2) is 24.0. The van der Waals surface area contributed by atoms with Crippen molar-refractivity contribution in [3.05, 3.63) is 120 Å². The molecule has 236 valence electrons. The summed E-state index contributed by atoms with van der Waals surface area (Å²) in [5.41, 5.74) is 6.10. The molecule has 0 fully saturated rings. The zero-order chi connectivity index (χ0) is 31.7. The van der Waals surface area contributed by atoms with Crippen LogP contribution in [0, 0.1) is 0 Å². The first-order valence-corrected chi connectivity index (χ1v) is 18.3. The summed E-state index contributed by atoms with van der Waals surface area (Å²) in [6.45, 7) is 16.5. The predicted octanol–water partition coefficient (Wildman–Crippen LogP) is 9.72. The molecule has 44 heavy (non-hydrogen) atoms. The monoisotopic (exact) mass is 628 g/mol. The summed E-state index contributed by atoms with van der Waals surface area (Å²) in [6.07, 6.45) is 24.5. The van der Waals surface area contributed by atoms with Crippen molar-refractivity contribution < 1.29 is 0 Å². The summed E-state index contributed by atoms with van der Waals surface area (Å²) in [5, 5.41) is 3.40. The van der Waals surface area contributed by atoms with Gasteiger partial charge in [-0.25, -0.2) is 0 Å². The predicted molar refractivity (Wildman–Crippen MR) is 206 cm³/mol. The fraction of sp³-hybridized carbons (Fsp3) is 0.342. The highest BCUT2D eigenvalue weighted by atomic mass is 33.1. The highest BCUT2D eigenvalue weighted by molar-refractivity contribution is 8.76. The van der Waals surface area contributed by atoms with Gasteiger partial charge in [0.15, 0.2) is 0 Å². The van der Waals surface area contributed by atoms with E-state index >= 15 is 0 Å². The van der Waals surface area contributed by atoms with Gasteiger partial charge in [0.1, 0.15) is 0 Å². The van der Waals surface area contributed by atoms with Crippen LogP contribution in [-0.4, -0.2) is 57.0 Å². The molecular formula is C38H52N4S2. The number of aliphatic imine (C=N–C) groups is 1. The molecule has 0 heterocycles. The zero-order valence-corrected chi connectivity index (χ0v) is 29.0. The van der Waals surface area contributed by atoms with Crippen LogP contribution in [0.3, 0.4) is 0 Å². The van der Waals surface area contributed by atoms with Gasteiger partial charge in [-0.1, -0.05) is 94.5 Å². The van der Waals surface area contributed by atoms with Crippen LogP contribution in [-0.2, 0) is 0 Å². The van der Waals surface area contributed by atoms with Crippen molar-refractivity contribution in [2.24, 2.45) is 4.99 Å². The summed E-state index contributed by atoms with van der Waals surface area (Å²) in [5.74, 6) is 2.21. The number of hydrogen-bond acceptors (Lipinski definition) is 6. The molecule has 0 radical (unpaired) electrons. The summed E-state index contributed by atoms with van der Waals surface area (Å²) >= 11 is 0. The van der Waals surface area contributed by atoms with Crippen LogP contribution in [0.4, 0.5) is 11.4 Å². The van der Waals surface area contributed by atoms with Gasteiger partial charge in [0.2, 0.25) is 0 Å². The number of rotatable bonds is 21. The minimum atomic E-state index is 0.819. The average Bonchev–Trinajstić information content (AvgIpc) is 3.06. The number of benzene rings is 2. The zero-order valence-electron chi connectivity index (χ0n) is 27.4. The molecule has 0 amide bonds. The summed E-state index contributed by atoms with van der Waals surface area (Å²) in [7, 11) is 3.95. The Labute approximate surface area is 275 Å². The maximum absolute atomic E-state index is 4.16. The van der Waals surface area contributed by atoms with Gasteiger partial charge in [0.25, 0.3) is 0 Å². The van der Waals surface area contributed by atoms with E-state index in [2.05, 4.69) is 126 Å². The molecule has 0 aliphatic heterocycles. The van der Waals surface area contributed by atoms with E-state index in [9.17, 15) is 0 Å². The van der Waals surface area contributed by atoms with Gasteiger partial charge in [-0.15, -0.1) is 0 Å². The number of nitrogens with zero attached hydrogens (tertiary/aromatic N) is 3. The largest absolute Gasteiger partial charge is 0.385 e. The third kappa shape index (κ3) is 15.4.